The molecule has 3 rings (SSSR count). The van der Waals surface area contributed by atoms with Gasteiger partial charge in [-0.25, -0.2) is 0 Å². The predicted molar refractivity (Wildman–Crippen MR) is 128 cm³/mol. The Hall–Kier alpha value is -3.01. The summed E-state index contributed by atoms with van der Waals surface area (Å²) in [5, 5.41) is 13.2. The fourth-order valence-corrected chi connectivity index (χ4v) is 3.97. The van der Waals surface area contributed by atoms with Crippen molar-refractivity contribution in [3.05, 3.63) is 71.3 Å². The molecule has 0 saturated heterocycles. The molecule has 2 aromatic carbocycles. The van der Waals surface area contributed by atoms with Crippen molar-refractivity contribution in [3.63, 3.8) is 0 Å². The Morgan fingerprint density at radius 3 is 2.61 bits per heavy atom. The van der Waals surface area contributed by atoms with Crippen molar-refractivity contribution in [2.75, 3.05) is 19.0 Å². The normalized spacial score (nSPS) is 14.0. The van der Waals surface area contributed by atoms with Crippen LogP contribution in [-0.2, 0) is 6.42 Å². The first-order valence-corrected chi connectivity index (χ1v) is 11.2. The molecule has 2 N–H and O–H groups in total. The Kier molecular flexibility index (Phi) is 8.34. The number of aromatic hydroxyl groups is 1. The molecule has 0 fully saturated rings. The van der Waals surface area contributed by atoms with Gasteiger partial charge in [-0.3, -0.25) is 4.79 Å². The highest BCUT2D eigenvalue weighted by atomic mass is 16.5. The van der Waals surface area contributed by atoms with E-state index in [-0.39, 0.29) is 11.5 Å². The first-order valence-electron chi connectivity index (χ1n) is 11.2. The number of methoxy groups -OCH3 is 1. The summed E-state index contributed by atoms with van der Waals surface area (Å²) in [6.07, 6.45) is 13.1. The summed E-state index contributed by atoms with van der Waals surface area (Å²) < 4.78 is 5.16. The van der Waals surface area contributed by atoms with Gasteiger partial charge in [-0.2, -0.15) is 0 Å². The Balaban J connectivity index is 1.52. The van der Waals surface area contributed by atoms with Gasteiger partial charge in [-0.05, 0) is 60.7 Å². The number of ketones is 1. The van der Waals surface area contributed by atoms with E-state index < -0.39 is 0 Å². The topological polar surface area (TPSA) is 58.6 Å². The molecular formula is C27H33NO3. The van der Waals surface area contributed by atoms with Gasteiger partial charge in [0.15, 0.2) is 17.3 Å². The molecule has 0 spiro atoms. The maximum Gasteiger partial charge on any atom is 0.189 e. The van der Waals surface area contributed by atoms with E-state index in [1.807, 2.05) is 24.3 Å². The van der Waals surface area contributed by atoms with Gasteiger partial charge in [-0.1, -0.05) is 43.9 Å². The molecule has 1 aliphatic carbocycles. The second kappa shape index (κ2) is 11.4. The molecule has 4 nitrogen and oxygen atoms in total. The summed E-state index contributed by atoms with van der Waals surface area (Å²) in [7, 11) is 1.52. The summed E-state index contributed by atoms with van der Waals surface area (Å²) in [5.41, 5.74) is 4.45. The van der Waals surface area contributed by atoms with Crippen LogP contribution in [0, 0.1) is 0 Å². The van der Waals surface area contributed by atoms with Crippen LogP contribution in [-0.4, -0.2) is 24.5 Å². The fraction of sp³-hybridized carbons (Fsp3) is 0.370. The third-order valence-electron chi connectivity index (χ3n) is 5.74. The number of rotatable bonds is 12. The lowest BCUT2D eigenvalue weighted by molar-refractivity contribution is 0.104. The number of nitrogens with one attached hydrogen (secondary N) is 1. The number of phenolic OH excluding ortho intramolecular Hbond substituents is 1. The van der Waals surface area contributed by atoms with Gasteiger partial charge in [0.05, 0.1) is 7.11 Å². The Morgan fingerprint density at radius 2 is 1.84 bits per heavy atom. The monoisotopic (exact) mass is 419 g/mol. The number of carbonyl (C=O) groups excluding carboxylic acids is 1. The van der Waals surface area contributed by atoms with Crippen LogP contribution in [0.1, 0.15) is 66.4 Å². The Bertz CT molecular complexity index is 945. The maximum atomic E-state index is 12.9. The molecule has 2 aromatic rings. The molecule has 4 heteroatoms. The summed E-state index contributed by atoms with van der Waals surface area (Å²) >= 11 is 0. The van der Waals surface area contributed by atoms with Gasteiger partial charge in [-0.15, -0.1) is 6.58 Å². The van der Waals surface area contributed by atoms with E-state index in [0.717, 1.165) is 47.3 Å². The number of carbonyl (C=O) groups is 1. The van der Waals surface area contributed by atoms with Crippen molar-refractivity contribution in [2.45, 2.75) is 51.4 Å². The van der Waals surface area contributed by atoms with Crippen molar-refractivity contribution >= 4 is 17.5 Å². The number of allylic oxidation sites excluding steroid dienone is 2. The Labute approximate surface area is 185 Å². The number of hydrogen-bond donors (Lipinski definition) is 2. The van der Waals surface area contributed by atoms with Gasteiger partial charge in [0.25, 0.3) is 0 Å². The van der Waals surface area contributed by atoms with Gasteiger partial charge < -0.3 is 15.2 Å². The van der Waals surface area contributed by atoms with E-state index in [1.165, 1.54) is 39.2 Å². The molecule has 31 heavy (non-hydrogen) atoms. The molecule has 0 atom stereocenters. The van der Waals surface area contributed by atoms with E-state index in [2.05, 4.69) is 18.0 Å². The number of benzene rings is 2. The predicted octanol–water partition coefficient (Wildman–Crippen LogP) is 6.55. The van der Waals surface area contributed by atoms with Crippen LogP contribution in [0.25, 0.3) is 6.08 Å². The number of anilines is 1. The lowest BCUT2D eigenvalue weighted by atomic mass is 10.1. The lowest BCUT2D eigenvalue weighted by Gasteiger charge is -2.08. The summed E-state index contributed by atoms with van der Waals surface area (Å²) in [6, 6.07) is 11.2. The molecule has 0 aromatic heterocycles. The molecule has 0 bridgehead atoms. The minimum absolute atomic E-state index is 0.0743. The molecule has 164 valence electrons. The van der Waals surface area contributed by atoms with E-state index in [4.69, 9.17) is 4.74 Å². The van der Waals surface area contributed by atoms with Gasteiger partial charge in [0.1, 0.15) is 0 Å². The number of unbranched alkanes of at least 4 members (excludes halogenated alkanes) is 6. The number of ether oxygens (including phenoxy) is 1. The van der Waals surface area contributed by atoms with Crippen LogP contribution in [0.5, 0.6) is 11.5 Å². The number of fused-ring (bicyclic) bond motifs is 1. The molecule has 0 radical (unpaired) electrons. The van der Waals surface area contributed by atoms with Gasteiger partial charge in [0, 0.05) is 29.8 Å². The lowest BCUT2D eigenvalue weighted by Crippen LogP contribution is -2.03. The molecule has 0 unspecified atom stereocenters. The van der Waals surface area contributed by atoms with E-state index in [9.17, 15) is 9.90 Å². The largest absolute Gasteiger partial charge is 0.504 e. The standard InChI is InChI=1S/C27H33NO3/c1-3-4-5-6-7-8-9-10-15-28-23-13-12-21-18-22(27(30)24(21)19-23)16-20-11-14-25(29)26(17-20)31-2/h3,11-14,16-17,19,28-29H,1,4-10,15,18H2,2H3/b22-16+. The van der Waals surface area contributed by atoms with Crippen molar-refractivity contribution in [1.82, 2.24) is 0 Å². The molecule has 0 heterocycles. The van der Waals surface area contributed by atoms with Crippen LogP contribution >= 0.6 is 0 Å². The highest BCUT2D eigenvalue weighted by Gasteiger charge is 2.25. The van der Waals surface area contributed by atoms with Crippen molar-refractivity contribution < 1.29 is 14.6 Å². The molecule has 0 amide bonds. The quantitative estimate of drug-likeness (QED) is 0.233. The highest BCUT2D eigenvalue weighted by Crippen LogP contribution is 2.32. The average molecular weight is 420 g/mol. The summed E-state index contributed by atoms with van der Waals surface area (Å²) in [4.78, 5) is 12.9. The molecule has 1 aliphatic rings. The van der Waals surface area contributed by atoms with Crippen LogP contribution in [0.2, 0.25) is 0 Å². The van der Waals surface area contributed by atoms with E-state index in [0.29, 0.717) is 12.2 Å². The number of Topliss-reactive ketones (excluding diaryl/α,β-unsaturated/α-hetero) is 1. The average Bonchev–Trinajstić information content (AvgIpc) is 3.08. The second-order valence-electron chi connectivity index (χ2n) is 8.10. The molecule has 0 saturated carbocycles. The zero-order valence-corrected chi connectivity index (χ0v) is 18.5. The van der Waals surface area contributed by atoms with Crippen molar-refractivity contribution in [3.8, 4) is 11.5 Å². The third kappa shape index (κ3) is 6.24. The van der Waals surface area contributed by atoms with Crippen LogP contribution in [0.4, 0.5) is 5.69 Å². The second-order valence-corrected chi connectivity index (χ2v) is 8.10. The fourth-order valence-electron chi connectivity index (χ4n) is 3.97. The van der Waals surface area contributed by atoms with Crippen molar-refractivity contribution in [2.24, 2.45) is 0 Å². The summed E-state index contributed by atoms with van der Waals surface area (Å²) in [5.74, 6) is 0.569. The first-order chi connectivity index (χ1) is 15.1. The minimum Gasteiger partial charge on any atom is -0.504 e. The number of hydrogen-bond acceptors (Lipinski definition) is 4. The molecular weight excluding hydrogens is 386 g/mol. The smallest absolute Gasteiger partial charge is 0.189 e. The Morgan fingerprint density at radius 1 is 1.06 bits per heavy atom. The summed E-state index contributed by atoms with van der Waals surface area (Å²) in [6.45, 7) is 4.69. The zero-order valence-electron chi connectivity index (χ0n) is 18.5. The number of phenols is 1. The van der Waals surface area contributed by atoms with Crippen LogP contribution in [0.3, 0.4) is 0 Å². The van der Waals surface area contributed by atoms with E-state index >= 15 is 0 Å². The highest BCUT2D eigenvalue weighted by molar-refractivity contribution is 6.16. The third-order valence-corrected chi connectivity index (χ3v) is 5.74. The minimum atomic E-state index is 0.0743. The van der Waals surface area contributed by atoms with Gasteiger partial charge >= 0.3 is 0 Å². The van der Waals surface area contributed by atoms with Crippen molar-refractivity contribution in [1.29, 1.82) is 0 Å². The maximum absolute atomic E-state index is 12.9. The van der Waals surface area contributed by atoms with Crippen LogP contribution < -0.4 is 10.1 Å². The molecule has 0 aliphatic heterocycles. The first kappa shape index (κ1) is 22.7. The van der Waals surface area contributed by atoms with E-state index in [1.54, 1.807) is 18.2 Å². The SMILES string of the molecule is C=CCCCCCCCCNc1ccc2c(c1)C(=O)/C(=C/c1ccc(O)c(OC)c1)C2. The van der Waals surface area contributed by atoms with Crippen LogP contribution in [0.15, 0.2) is 54.6 Å². The zero-order chi connectivity index (χ0) is 22.1. The van der Waals surface area contributed by atoms with Gasteiger partial charge in [0.2, 0.25) is 0 Å².